The third-order valence-electron chi connectivity index (χ3n) is 4.87. The summed E-state index contributed by atoms with van der Waals surface area (Å²) < 4.78 is 27.8. The standard InChI is InChI=1S/C22H16FN5O4S3/c1-12-9-16(26-32-12)24-17(29)11-34-21-25-19-18(20(30)28(21)14-6-4-13(23)5-7-14)35-22(33)27(19)10-15-3-2-8-31-15/h2-9H,10-11H2,1H3,(H,24,26,29). The number of carbonyl (C=O) groups excluding carboxylic acids is 1. The molecule has 4 heterocycles. The van der Waals surface area contributed by atoms with Crippen molar-refractivity contribution in [2.45, 2.75) is 18.6 Å². The number of aromatic nitrogens is 4. The van der Waals surface area contributed by atoms with E-state index in [2.05, 4.69) is 10.5 Å². The molecular formula is C22H16FN5O4S3. The van der Waals surface area contributed by atoms with Crippen LogP contribution in [-0.4, -0.2) is 30.9 Å². The monoisotopic (exact) mass is 529 g/mol. The Balaban J connectivity index is 1.56. The highest BCUT2D eigenvalue weighted by atomic mass is 32.2. The molecule has 5 rings (SSSR count). The number of anilines is 1. The number of amides is 1. The van der Waals surface area contributed by atoms with Crippen LogP contribution in [0.1, 0.15) is 11.5 Å². The molecule has 0 unspecified atom stereocenters. The number of halogens is 1. The van der Waals surface area contributed by atoms with Gasteiger partial charge in [-0.1, -0.05) is 28.3 Å². The summed E-state index contributed by atoms with van der Waals surface area (Å²) in [6, 6.07) is 10.6. The first-order valence-corrected chi connectivity index (χ1v) is 12.4. The first-order chi connectivity index (χ1) is 16.9. The molecule has 9 nitrogen and oxygen atoms in total. The van der Waals surface area contributed by atoms with Gasteiger partial charge in [0.05, 0.1) is 24.2 Å². The lowest BCUT2D eigenvalue weighted by atomic mass is 10.3. The molecule has 13 heteroatoms. The number of hydrogen-bond acceptors (Lipinski definition) is 9. The average Bonchev–Trinajstić information content (AvgIpc) is 3.56. The van der Waals surface area contributed by atoms with E-state index < -0.39 is 5.82 Å². The van der Waals surface area contributed by atoms with Crippen molar-refractivity contribution in [2.24, 2.45) is 0 Å². The number of rotatable bonds is 7. The van der Waals surface area contributed by atoms with E-state index in [9.17, 15) is 14.0 Å². The summed E-state index contributed by atoms with van der Waals surface area (Å²) in [5.74, 6) is 0.643. The van der Waals surface area contributed by atoms with Crippen LogP contribution in [0.2, 0.25) is 0 Å². The molecule has 0 atom stereocenters. The summed E-state index contributed by atoms with van der Waals surface area (Å²) >= 11 is 7.69. The van der Waals surface area contributed by atoms with Gasteiger partial charge in [0.15, 0.2) is 20.6 Å². The van der Waals surface area contributed by atoms with Gasteiger partial charge in [-0.2, -0.15) is 0 Å². The molecule has 5 aromatic rings. The lowest BCUT2D eigenvalue weighted by molar-refractivity contribution is -0.113. The Morgan fingerprint density at radius 3 is 2.77 bits per heavy atom. The quantitative estimate of drug-likeness (QED) is 0.182. The van der Waals surface area contributed by atoms with Gasteiger partial charge in [0.1, 0.15) is 22.0 Å². The molecule has 0 aliphatic rings. The third kappa shape index (κ3) is 4.83. The Morgan fingerprint density at radius 2 is 2.09 bits per heavy atom. The molecule has 1 N–H and O–H groups in total. The summed E-state index contributed by atoms with van der Waals surface area (Å²) in [6.07, 6.45) is 1.55. The first kappa shape index (κ1) is 23.2. The number of thiazole rings is 1. The van der Waals surface area contributed by atoms with Gasteiger partial charge in [0.2, 0.25) is 5.91 Å². The van der Waals surface area contributed by atoms with Crippen molar-refractivity contribution in [1.82, 2.24) is 19.3 Å². The summed E-state index contributed by atoms with van der Waals surface area (Å²) in [6.45, 7) is 2.01. The molecule has 0 aliphatic heterocycles. The van der Waals surface area contributed by atoms with E-state index in [-0.39, 0.29) is 28.2 Å². The molecule has 1 amide bonds. The predicted octanol–water partition coefficient (Wildman–Crippen LogP) is 4.79. The molecule has 0 aliphatic carbocycles. The average molecular weight is 530 g/mol. The molecule has 1 aromatic carbocycles. The second kappa shape index (κ2) is 9.60. The Labute approximate surface area is 210 Å². The van der Waals surface area contributed by atoms with Crippen molar-refractivity contribution in [3.8, 4) is 5.69 Å². The fourth-order valence-electron chi connectivity index (χ4n) is 3.32. The molecule has 4 aromatic heterocycles. The molecule has 0 spiro atoms. The highest BCUT2D eigenvalue weighted by Crippen LogP contribution is 2.26. The van der Waals surface area contributed by atoms with E-state index in [1.54, 1.807) is 36.0 Å². The molecule has 0 fully saturated rings. The van der Waals surface area contributed by atoms with Gasteiger partial charge < -0.3 is 14.3 Å². The predicted molar refractivity (Wildman–Crippen MR) is 132 cm³/mol. The molecule has 0 radical (unpaired) electrons. The summed E-state index contributed by atoms with van der Waals surface area (Å²) in [4.78, 5) is 30.8. The number of nitrogens with one attached hydrogen (secondary N) is 1. The number of carbonyl (C=O) groups is 1. The van der Waals surface area contributed by atoms with Crippen LogP contribution in [0.3, 0.4) is 0 Å². The second-order valence-electron chi connectivity index (χ2n) is 7.36. The zero-order valence-corrected chi connectivity index (χ0v) is 20.5. The van der Waals surface area contributed by atoms with E-state index in [1.165, 1.54) is 28.8 Å². The minimum Gasteiger partial charge on any atom is -0.467 e. The molecule has 0 saturated carbocycles. The Hall–Kier alpha value is -3.55. The SMILES string of the molecule is Cc1cc(NC(=O)CSc2nc3c(sc(=S)n3Cc3ccco3)c(=O)n2-c2ccc(F)cc2)no1. The maximum Gasteiger partial charge on any atom is 0.278 e. The van der Waals surface area contributed by atoms with Gasteiger partial charge >= 0.3 is 0 Å². The van der Waals surface area contributed by atoms with Gasteiger partial charge in [-0.3, -0.25) is 18.7 Å². The second-order valence-corrected chi connectivity index (χ2v) is 9.94. The maximum absolute atomic E-state index is 13.6. The normalized spacial score (nSPS) is 11.3. The van der Waals surface area contributed by atoms with Crippen LogP contribution in [0.5, 0.6) is 0 Å². The van der Waals surface area contributed by atoms with Gasteiger partial charge in [-0.05, 0) is 55.5 Å². The number of nitrogens with zero attached hydrogens (tertiary/aromatic N) is 4. The molecule has 0 bridgehead atoms. The summed E-state index contributed by atoms with van der Waals surface area (Å²) in [7, 11) is 0. The maximum atomic E-state index is 13.6. The lowest BCUT2D eigenvalue weighted by Crippen LogP contribution is -2.23. The van der Waals surface area contributed by atoms with Gasteiger partial charge in [-0.25, -0.2) is 9.37 Å². The number of hydrogen-bond donors (Lipinski definition) is 1. The molecule has 178 valence electrons. The highest BCUT2D eigenvalue weighted by molar-refractivity contribution is 7.99. The van der Waals surface area contributed by atoms with Crippen LogP contribution in [0.4, 0.5) is 10.2 Å². The van der Waals surface area contributed by atoms with Crippen molar-refractivity contribution in [3.63, 3.8) is 0 Å². The van der Waals surface area contributed by atoms with E-state index >= 15 is 0 Å². The van der Waals surface area contributed by atoms with Crippen molar-refractivity contribution >= 4 is 57.4 Å². The van der Waals surface area contributed by atoms with Crippen LogP contribution < -0.4 is 10.9 Å². The zero-order chi connectivity index (χ0) is 24.5. The van der Waals surface area contributed by atoms with Crippen LogP contribution in [-0.2, 0) is 11.3 Å². The van der Waals surface area contributed by atoms with E-state index in [1.807, 2.05) is 0 Å². The first-order valence-electron chi connectivity index (χ1n) is 10.2. The van der Waals surface area contributed by atoms with Gasteiger partial charge in [0.25, 0.3) is 5.56 Å². The third-order valence-corrected chi connectivity index (χ3v) is 7.23. The van der Waals surface area contributed by atoms with Crippen LogP contribution in [0, 0.1) is 16.7 Å². The molecule has 35 heavy (non-hydrogen) atoms. The van der Waals surface area contributed by atoms with Crippen LogP contribution in [0.15, 0.2) is 67.6 Å². The van der Waals surface area contributed by atoms with Gasteiger partial charge in [-0.15, -0.1) is 0 Å². The van der Waals surface area contributed by atoms with Crippen molar-refractivity contribution in [2.75, 3.05) is 11.1 Å². The Bertz CT molecular complexity index is 1630. The number of benzene rings is 1. The van der Waals surface area contributed by atoms with Gasteiger partial charge in [0, 0.05) is 6.07 Å². The number of furan rings is 1. The Kier molecular flexibility index (Phi) is 6.36. The fraction of sp³-hybridized carbons (Fsp3) is 0.136. The van der Waals surface area contributed by atoms with E-state index in [4.69, 9.17) is 26.1 Å². The minimum atomic E-state index is -0.437. The van der Waals surface area contributed by atoms with Crippen molar-refractivity contribution in [3.05, 3.63) is 80.4 Å². The number of fused-ring (bicyclic) bond motifs is 1. The summed E-state index contributed by atoms with van der Waals surface area (Å²) in [5, 5.41) is 6.63. The molecular weight excluding hydrogens is 513 g/mol. The van der Waals surface area contributed by atoms with Crippen LogP contribution >= 0.6 is 35.3 Å². The highest BCUT2D eigenvalue weighted by Gasteiger charge is 2.20. The summed E-state index contributed by atoms with van der Waals surface area (Å²) in [5.41, 5.74) is 0.429. The van der Waals surface area contributed by atoms with E-state index in [0.717, 1.165) is 23.1 Å². The topological polar surface area (TPSA) is 108 Å². The largest absolute Gasteiger partial charge is 0.467 e. The van der Waals surface area contributed by atoms with Crippen molar-refractivity contribution < 1.29 is 18.1 Å². The van der Waals surface area contributed by atoms with Crippen LogP contribution in [0.25, 0.3) is 16.0 Å². The zero-order valence-electron chi connectivity index (χ0n) is 18.1. The fourth-order valence-corrected chi connectivity index (χ4v) is 5.39. The van der Waals surface area contributed by atoms with Crippen molar-refractivity contribution in [1.29, 1.82) is 0 Å². The smallest absolute Gasteiger partial charge is 0.278 e. The molecule has 0 saturated heterocycles. The van der Waals surface area contributed by atoms with E-state index in [0.29, 0.717) is 38.1 Å². The number of thioether (sulfide) groups is 1. The number of aryl methyl sites for hydroxylation is 1. The lowest BCUT2D eigenvalue weighted by Gasteiger charge is -2.12. The Morgan fingerprint density at radius 1 is 1.29 bits per heavy atom. The minimum absolute atomic E-state index is 0.0614.